The van der Waals surface area contributed by atoms with Gasteiger partial charge in [-0.15, -0.1) is 0 Å². The number of primary amides is 1. The number of ether oxygens (including phenoxy) is 2. The Kier molecular flexibility index (Phi) is 5.08. The Morgan fingerprint density at radius 3 is 2.64 bits per heavy atom. The van der Waals surface area contributed by atoms with Crippen LogP contribution in [0, 0.1) is 11.2 Å². The lowest BCUT2D eigenvalue weighted by Crippen LogP contribution is -2.33. The number of carbonyl (C=O) groups excluding carboxylic acids is 1. The summed E-state index contributed by atoms with van der Waals surface area (Å²) >= 11 is 0. The average molecular weight is 386 g/mol. The zero-order valence-corrected chi connectivity index (χ0v) is 17.0. The lowest BCUT2D eigenvalue weighted by molar-refractivity contribution is 0.0145. The molecule has 0 saturated heterocycles. The molecule has 1 unspecified atom stereocenters. The second-order valence-electron chi connectivity index (χ2n) is 8.93. The van der Waals surface area contributed by atoms with Crippen LogP contribution in [0.25, 0.3) is 11.1 Å². The molecular weight excluding hydrogens is 359 g/mol. The van der Waals surface area contributed by atoms with Crippen molar-refractivity contribution in [3.05, 3.63) is 47.4 Å². The van der Waals surface area contributed by atoms with Crippen molar-refractivity contribution < 1.29 is 18.7 Å². The van der Waals surface area contributed by atoms with Crippen molar-refractivity contribution in [3.8, 4) is 17.0 Å². The fraction of sp³-hybridized carbons (Fsp3) is 0.455. The molecule has 1 amide bonds. The van der Waals surface area contributed by atoms with E-state index in [1.54, 1.807) is 18.3 Å². The van der Waals surface area contributed by atoms with Crippen LogP contribution in [0.2, 0.25) is 0 Å². The average Bonchev–Trinajstić information content (AvgIpc) is 2.56. The number of nitrogens with zero attached hydrogens (tertiary/aromatic N) is 1. The van der Waals surface area contributed by atoms with Gasteiger partial charge in [-0.1, -0.05) is 13.8 Å². The molecule has 2 aromatic rings. The van der Waals surface area contributed by atoms with E-state index in [0.717, 1.165) is 18.4 Å². The van der Waals surface area contributed by atoms with E-state index in [-0.39, 0.29) is 11.2 Å². The summed E-state index contributed by atoms with van der Waals surface area (Å²) in [6.07, 6.45) is 1.75. The normalized spacial score (nSPS) is 18.3. The minimum Gasteiger partial charge on any atom is -0.472 e. The van der Waals surface area contributed by atoms with E-state index in [0.29, 0.717) is 22.6 Å². The quantitative estimate of drug-likeness (QED) is 0.789. The van der Waals surface area contributed by atoms with E-state index in [9.17, 15) is 4.79 Å². The highest BCUT2D eigenvalue weighted by atomic mass is 19.1. The number of nitrogens with two attached hydrogens (primary N) is 1. The third-order valence-corrected chi connectivity index (χ3v) is 4.95. The van der Waals surface area contributed by atoms with Gasteiger partial charge in [0.05, 0.1) is 0 Å². The molecule has 150 valence electrons. The largest absolute Gasteiger partial charge is 0.472 e. The summed E-state index contributed by atoms with van der Waals surface area (Å²) in [6, 6.07) is 6.78. The number of aromatic nitrogens is 1. The first kappa shape index (κ1) is 20.1. The van der Waals surface area contributed by atoms with E-state index in [1.165, 1.54) is 6.07 Å². The maximum absolute atomic E-state index is 15.1. The molecule has 0 saturated carbocycles. The SMILES string of the molecule is CC(C)(C)Oc1cc(-c2cc3c(cc2F)C(OC(N)=O)C(C)(C)CC3)ccn1. The number of hydrogen-bond acceptors (Lipinski definition) is 4. The van der Waals surface area contributed by atoms with Crippen molar-refractivity contribution in [2.45, 2.75) is 59.2 Å². The molecule has 3 rings (SSSR count). The van der Waals surface area contributed by atoms with Crippen molar-refractivity contribution >= 4 is 6.09 Å². The standard InChI is InChI=1S/C22H27FN2O3/c1-21(2,3)28-18-11-14(7-9-25-18)15-10-13-6-8-22(4,5)19(27-20(24)26)16(13)12-17(15)23/h7,9-12,19H,6,8H2,1-5H3,(H2,24,26). The first-order chi connectivity index (χ1) is 13.0. The predicted octanol–water partition coefficient (Wildman–Crippen LogP) is 5.17. The van der Waals surface area contributed by atoms with E-state index >= 15 is 4.39 Å². The van der Waals surface area contributed by atoms with E-state index < -0.39 is 17.8 Å². The predicted molar refractivity (Wildman–Crippen MR) is 106 cm³/mol. The molecular formula is C22H27FN2O3. The number of rotatable bonds is 3. The van der Waals surface area contributed by atoms with Crippen molar-refractivity contribution in [2.24, 2.45) is 11.1 Å². The van der Waals surface area contributed by atoms with Gasteiger partial charge in [0.2, 0.25) is 5.88 Å². The molecule has 0 radical (unpaired) electrons. The van der Waals surface area contributed by atoms with Crippen LogP contribution < -0.4 is 10.5 Å². The van der Waals surface area contributed by atoms with Crippen LogP contribution in [0.5, 0.6) is 5.88 Å². The summed E-state index contributed by atoms with van der Waals surface area (Å²) < 4.78 is 26.2. The fourth-order valence-electron chi connectivity index (χ4n) is 3.61. The Morgan fingerprint density at radius 2 is 2.00 bits per heavy atom. The van der Waals surface area contributed by atoms with E-state index in [1.807, 2.05) is 40.7 Å². The van der Waals surface area contributed by atoms with Crippen molar-refractivity contribution in [1.82, 2.24) is 4.98 Å². The third-order valence-electron chi connectivity index (χ3n) is 4.95. The summed E-state index contributed by atoms with van der Waals surface area (Å²) in [6.45, 7) is 9.78. The van der Waals surface area contributed by atoms with Gasteiger partial charge in [-0.05, 0) is 68.5 Å². The Labute approximate surface area is 165 Å². The van der Waals surface area contributed by atoms with Gasteiger partial charge in [0.15, 0.2) is 0 Å². The second kappa shape index (κ2) is 7.08. The van der Waals surface area contributed by atoms with E-state index in [4.69, 9.17) is 15.2 Å². The topological polar surface area (TPSA) is 74.4 Å². The lowest BCUT2D eigenvalue weighted by atomic mass is 9.71. The zero-order valence-electron chi connectivity index (χ0n) is 17.0. The molecule has 6 heteroatoms. The van der Waals surface area contributed by atoms with Crippen LogP contribution in [0.3, 0.4) is 0 Å². The molecule has 1 atom stereocenters. The number of benzene rings is 1. The molecule has 0 bridgehead atoms. The molecule has 0 fully saturated rings. The Balaban J connectivity index is 2.03. The van der Waals surface area contributed by atoms with Crippen molar-refractivity contribution in [1.29, 1.82) is 0 Å². The van der Waals surface area contributed by atoms with Crippen LogP contribution in [0.15, 0.2) is 30.5 Å². The Bertz CT molecular complexity index is 903. The maximum atomic E-state index is 15.1. The van der Waals surface area contributed by atoms with Crippen LogP contribution in [-0.2, 0) is 11.2 Å². The van der Waals surface area contributed by atoms with Gasteiger partial charge in [-0.25, -0.2) is 14.2 Å². The smallest absolute Gasteiger partial charge is 0.405 e. The molecule has 1 aliphatic rings. The van der Waals surface area contributed by atoms with Crippen LogP contribution in [-0.4, -0.2) is 16.7 Å². The Hall–Kier alpha value is -2.63. The van der Waals surface area contributed by atoms with Crippen molar-refractivity contribution in [3.63, 3.8) is 0 Å². The number of halogens is 1. The summed E-state index contributed by atoms with van der Waals surface area (Å²) in [5, 5.41) is 0. The minimum absolute atomic E-state index is 0.319. The second-order valence-corrected chi connectivity index (χ2v) is 8.93. The zero-order chi connectivity index (χ0) is 20.7. The van der Waals surface area contributed by atoms with Crippen molar-refractivity contribution in [2.75, 3.05) is 0 Å². The number of carbonyl (C=O) groups is 1. The van der Waals surface area contributed by atoms with Gasteiger partial charge in [-0.3, -0.25) is 0 Å². The van der Waals surface area contributed by atoms with Gasteiger partial charge in [0.1, 0.15) is 17.5 Å². The fourth-order valence-corrected chi connectivity index (χ4v) is 3.61. The molecule has 1 aliphatic carbocycles. The summed E-state index contributed by atoms with van der Waals surface area (Å²) in [7, 11) is 0. The van der Waals surface area contributed by atoms with Crippen LogP contribution in [0.4, 0.5) is 9.18 Å². The summed E-state index contributed by atoms with van der Waals surface area (Å²) in [5.41, 5.74) is 7.32. The van der Waals surface area contributed by atoms with Gasteiger partial charge in [0, 0.05) is 23.2 Å². The highest BCUT2D eigenvalue weighted by Crippen LogP contribution is 2.47. The number of amides is 1. The molecule has 1 heterocycles. The molecule has 0 aliphatic heterocycles. The molecule has 1 aromatic carbocycles. The van der Waals surface area contributed by atoms with Gasteiger partial charge in [0.25, 0.3) is 0 Å². The monoisotopic (exact) mass is 386 g/mol. The molecule has 0 spiro atoms. The van der Waals surface area contributed by atoms with Gasteiger partial charge in [-0.2, -0.15) is 0 Å². The molecule has 5 nitrogen and oxygen atoms in total. The highest BCUT2D eigenvalue weighted by Gasteiger charge is 2.39. The summed E-state index contributed by atoms with van der Waals surface area (Å²) in [5.74, 6) is 0.0561. The number of hydrogen-bond donors (Lipinski definition) is 1. The van der Waals surface area contributed by atoms with Gasteiger partial charge < -0.3 is 15.2 Å². The van der Waals surface area contributed by atoms with Gasteiger partial charge >= 0.3 is 6.09 Å². The molecule has 2 N–H and O–H groups in total. The number of fused-ring (bicyclic) bond motifs is 1. The lowest BCUT2D eigenvalue weighted by Gasteiger charge is -2.39. The third kappa shape index (κ3) is 4.26. The van der Waals surface area contributed by atoms with Crippen LogP contribution in [0.1, 0.15) is 58.3 Å². The molecule has 1 aromatic heterocycles. The number of aryl methyl sites for hydroxylation is 1. The first-order valence-electron chi connectivity index (χ1n) is 9.40. The summed E-state index contributed by atoms with van der Waals surface area (Å²) in [4.78, 5) is 15.6. The highest BCUT2D eigenvalue weighted by molar-refractivity contribution is 5.68. The molecule has 28 heavy (non-hydrogen) atoms. The Morgan fingerprint density at radius 1 is 1.29 bits per heavy atom. The van der Waals surface area contributed by atoms with E-state index in [2.05, 4.69) is 4.98 Å². The van der Waals surface area contributed by atoms with Crippen LogP contribution >= 0.6 is 0 Å². The minimum atomic E-state index is -0.853. The first-order valence-corrected chi connectivity index (χ1v) is 9.40. The number of pyridine rings is 1. The maximum Gasteiger partial charge on any atom is 0.405 e.